The fourth-order valence-corrected chi connectivity index (χ4v) is 1.91. The van der Waals surface area contributed by atoms with Gasteiger partial charge < -0.3 is 5.11 Å². The zero-order chi connectivity index (χ0) is 14.8. The van der Waals surface area contributed by atoms with Crippen LogP contribution in [0, 0.1) is 5.41 Å². The number of halogens is 1. The summed E-state index contributed by atoms with van der Waals surface area (Å²) >= 11 is 5.89. The van der Waals surface area contributed by atoms with Gasteiger partial charge in [0, 0.05) is 5.02 Å². The van der Waals surface area contributed by atoms with Crippen LogP contribution in [0.5, 0.6) is 0 Å². The molecule has 1 heterocycles. The van der Waals surface area contributed by atoms with Crippen molar-refractivity contribution in [3.05, 3.63) is 47.5 Å². The molecule has 0 bridgehead atoms. The molecule has 1 aromatic heterocycles. The summed E-state index contributed by atoms with van der Waals surface area (Å²) < 4.78 is 1.59. The third-order valence-electron chi connectivity index (χ3n) is 2.97. The number of nitrogens with zero attached hydrogens (tertiary/aromatic N) is 3. The lowest BCUT2D eigenvalue weighted by molar-refractivity contribution is 0.109. The van der Waals surface area contributed by atoms with Gasteiger partial charge in [-0.25, -0.2) is 9.67 Å². The molecule has 0 aliphatic heterocycles. The van der Waals surface area contributed by atoms with Crippen molar-refractivity contribution < 1.29 is 5.11 Å². The predicted molar refractivity (Wildman–Crippen MR) is 81.1 cm³/mol. The summed E-state index contributed by atoms with van der Waals surface area (Å²) in [5, 5.41) is 15.3. The highest BCUT2D eigenvalue weighted by Gasteiger charge is 2.27. The van der Waals surface area contributed by atoms with Crippen molar-refractivity contribution in [2.45, 2.75) is 26.9 Å². The standard InChI is InChI=1S/C15H18ClN3O/c1-15(2,3)14(20)13(19-10-17-9-18-19)8-11-4-6-12(16)7-5-11/h4-10,14,20H,1-3H3/b13-8-/t14-/m0/s1. The number of hydrogen-bond donors (Lipinski definition) is 1. The average molecular weight is 292 g/mol. The maximum Gasteiger partial charge on any atom is 0.138 e. The van der Waals surface area contributed by atoms with Crippen molar-refractivity contribution >= 4 is 23.4 Å². The smallest absolute Gasteiger partial charge is 0.138 e. The third kappa shape index (κ3) is 3.46. The quantitative estimate of drug-likeness (QED) is 0.943. The summed E-state index contributed by atoms with van der Waals surface area (Å²) in [6.07, 6.45) is 4.25. The van der Waals surface area contributed by atoms with Crippen molar-refractivity contribution in [3.8, 4) is 0 Å². The van der Waals surface area contributed by atoms with Crippen LogP contribution in [0.2, 0.25) is 5.02 Å². The first-order valence-electron chi connectivity index (χ1n) is 6.38. The summed E-state index contributed by atoms with van der Waals surface area (Å²) in [5.41, 5.74) is 1.32. The number of hydrogen-bond acceptors (Lipinski definition) is 3. The zero-order valence-electron chi connectivity index (χ0n) is 11.8. The Kier molecular flexibility index (Phi) is 4.26. The van der Waals surface area contributed by atoms with Crippen LogP contribution in [-0.4, -0.2) is 26.0 Å². The van der Waals surface area contributed by atoms with Gasteiger partial charge in [-0.15, -0.1) is 0 Å². The second-order valence-electron chi connectivity index (χ2n) is 5.73. The van der Waals surface area contributed by atoms with Gasteiger partial charge >= 0.3 is 0 Å². The van der Waals surface area contributed by atoms with Crippen molar-refractivity contribution in [2.24, 2.45) is 5.41 Å². The van der Waals surface area contributed by atoms with Gasteiger partial charge in [0.2, 0.25) is 0 Å². The maximum absolute atomic E-state index is 10.6. The fraction of sp³-hybridized carbons (Fsp3) is 0.333. The Labute approximate surface area is 123 Å². The second-order valence-corrected chi connectivity index (χ2v) is 6.17. The third-order valence-corrected chi connectivity index (χ3v) is 3.22. The predicted octanol–water partition coefficient (Wildman–Crippen LogP) is 3.34. The zero-order valence-corrected chi connectivity index (χ0v) is 12.5. The molecule has 5 heteroatoms. The number of aliphatic hydroxyl groups excluding tert-OH is 1. The largest absolute Gasteiger partial charge is 0.386 e. The van der Waals surface area contributed by atoms with Crippen LogP contribution < -0.4 is 0 Å². The Morgan fingerprint density at radius 1 is 1.30 bits per heavy atom. The fourth-order valence-electron chi connectivity index (χ4n) is 1.79. The molecule has 0 spiro atoms. The molecule has 0 saturated heterocycles. The van der Waals surface area contributed by atoms with Gasteiger partial charge in [-0.2, -0.15) is 5.10 Å². The second kappa shape index (κ2) is 5.77. The first-order valence-corrected chi connectivity index (χ1v) is 6.76. The molecule has 0 amide bonds. The SMILES string of the molecule is CC(C)(C)[C@@H](O)/C(=C/c1ccc(Cl)cc1)n1cncn1. The van der Waals surface area contributed by atoms with Crippen LogP contribution in [0.4, 0.5) is 0 Å². The van der Waals surface area contributed by atoms with Crippen LogP contribution in [0.1, 0.15) is 26.3 Å². The van der Waals surface area contributed by atoms with E-state index in [-0.39, 0.29) is 5.41 Å². The monoisotopic (exact) mass is 291 g/mol. The molecule has 1 atom stereocenters. The minimum Gasteiger partial charge on any atom is -0.386 e. The van der Waals surface area contributed by atoms with Crippen LogP contribution in [0.15, 0.2) is 36.9 Å². The van der Waals surface area contributed by atoms with E-state index in [2.05, 4.69) is 10.1 Å². The summed E-state index contributed by atoms with van der Waals surface area (Å²) in [6, 6.07) is 7.43. The van der Waals surface area contributed by atoms with E-state index in [0.717, 1.165) is 5.56 Å². The molecule has 4 nitrogen and oxygen atoms in total. The van der Waals surface area contributed by atoms with Crippen LogP contribution in [-0.2, 0) is 0 Å². The highest BCUT2D eigenvalue weighted by molar-refractivity contribution is 6.30. The molecule has 20 heavy (non-hydrogen) atoms. The van der Waals surface area contributed by atoms with E-state index >= 15 is 0 Å². The van der Waals surface area contributed by atoms with Gasteiger partial charge in [-0.1, -0.05) is 44.5 Å². The molecule has 2 rings (SSSR count). The number of rotatable bonds is 3. The van der Waals surface area contributed by atoms with Gasteiger partial charge in [0.1, 0.15) is 18.8 Å². The van der Waals surface area contributed by atoms with Gasteiger partial charge in [0.25, 0.3) is 0 Å². The van der Waals surface area contributed by atoms with Gasteiger partial charge in [0.15, 0.2) is 0 Å². The maximum atomic E-state index is 10.6. The Morgan fingerprint density at radius 2 is 1.95 bits per heavy atom. The van der Waals surface area contributed by atoms with Crippen LogP contribution in [0.3, 0.4) is 0 Å². The molecule has 2 aromatic rings. The van der Waals surface area contributed by atoms with Gasteiger partial charge in [0.05, 0.1) is 5.70 Å². The summed E-state index contributed by atoms with van der Waals surface area (Å²) in [4.78, 5) is 3.94. The molecule has 0 saturated carbocycles. The first-order chi connectivity index (χ1) is 9.38. The molecule has 0 aliphatic carbocycles. The molecule has 0 aliphatic rings. The van der Waals surface area contributed by atoms with E-state index in [1.165, 1.54) is 6.33 Å². The Balaban J connectivity index is 2.44. The minimum atomic E-state index is -0.667. The topological polar surface area (TPSA) is 50.9 Å². The number of aromatic nitrogens is 3. The summed E-state index contributed by atoms with van der Waals surface area (Å²) in [6.45, 7) is 5.93. The first kappa shape index (κ1) is 14.8. The molecule has 0 fully saturated rings. The Hall–Kier alpha value is -1.65. The van der Waals surface area contributed by atoms with Crippen molar-refractivity contribution in [1.29, 1.82) is 0 Å². The molecule has 1 N–H and O–H groups in total. The van der Waals surface area contributed by atoms with E-state index < -0.39 is 6.10 Å². The number of aliphatic hydroxyl groups is 1. The van der Waals surface area contributed by atoms with Gasteiger partial charge in [-0.3, -0.25) is 0 Å². The van der Waals surface area contributed by atoms with Crippen molar-refractivity contribution in [2.75, 3.05) is 0 Å². The molecular formula is C15H18ClN3O. The minimum absolute atomic E-state index is 0.301. The highest BCUT2D eigenvalue weighted by atomic mass is 35.5. The molecular weight excluding hydrogens is 274 g/mol. The lowest BCUT2D eigenvalue weighted by Gasteiger charge is -2.27. The van der Waals surface area contributed by atoms with E-state index in [1.54, 1.807) is 11.0 Å². The van der Waals surface area contributed by atoms with Crippen molar-refractivity contribution in [3.63, 3.8) is 0 Å². The van der Waals surface area contributed by atoms with Gasteiger partial charge in [-0.05, 0) is 29.2 Å². The Bertz CT molecular complexity index is 583. The lowest BCUT2D eigenvalue weighted by Crippen LogP contribution is -2.29. The average Bonchev–Trinajstić information content (AvgIpc) is 2.90. The van der Waals surface area contributed by atoms with E-state index in [4.69, 9.17) is 11.6 Å². The highest BCUT2D eigenvalue weighted by Crippen LogP contribution is 2.28. The molecule has 0 unspecified atom stereocenters. The Morgan fingerprint density at radius 3 is 2.45 bits per heavy atom. The lowest BCUT2D eigenvalue weighted by atomic mass is 9.86. The molecule has 1 aromatic carbocycles. The van der Waals surface area contributed by atoms with E-state index in [0.29, 0.717) is 10.7 Å². The van der Waals surface area contributed by atoms with Crippen LogP contribution >= 0.6 is 11.6 Å². The van der Waals surface area contributed by atoms with Crippen molar-refractivity contribution in [1.82, 2.24) is 14.8 Å². The van der Waals surface area contributed by atoms with E-state index in [9.17, 15) is 5.11 Å². The van der Waals surface area contributed by atoms with Crippen LogP contribution in [0.25, 0.3) is 11.8 Å². The normalized spacial score (nSPS) is 14.3. The number of benzene rings is 1. The molecule has 0 radical (unpaired) electrons. The molecule has 106 valence electrons. The summed E-state index contributed by atoms with van der Waals surface area (Å²) in [5.74, 6) is 0. The van der Waals surface area contributed by atoms with E-state index in [1.807, 2.05) is 51.1 Å². The summed E-state index contributed by atoms with van der Waals surface area (Å²) in [7, 11) is 0.